The van der Waals surface area contributed by atoms with Crippen LogP contribution in [0, 0.1) is 0 Å². The minimum absolute atomic E-state index is 0.0479. The number of halogens is 3. The number of nitrogen functional groups attached to an aromatic ring is 1. The molecule has 0 unspecified atom stereocenters. The Kier molecular flexibility index (Phi) is 3.37. The lowest BCUT2D eigenvalue weighted by molar-refractivity contribution is -0.144. The maximum Gasteiger partial charge on any atom is 0.451 e. The summed E-state index contributed by atoms with van der Waals surface area (Å²) in [6, 6.07) is 0. The van der Waals surface area contributed by atoms with Crippen molar-refractivity contribution in [3.05, 3.63) is 5.82 Å². The molecule has 1 fully saturated rings. The van der Waals surface area contributed by atoms with Gasteiger partial charge < -0.3 is 15.8 Å². The Morgan fingerprint density at radius 2 is 2.19 bits per heavy atom. The zero-order chi connectivity index (χ0) is 15.0. The number of rotatable bonds is 2. The van der Waals surface area contributed by atoms with E-state index in [1.165, 1.54) is 4.68 Å². The molecule has 2 aromatic heterocycles. The molecule has 0 amide bonds. The fourth-order valence-corrected chi connectivity index (χ4v) is 2.06. The Balaban J connectivity index is 1.97. The fourth-order valence-electron chi connectivity index (χ4n) is 2.06. The second-order valence-corrected chi connectivity index (χ2v) is 4.57. The molecular formula is C10H12F3N7O. The molecule has 21 heavy (non-hydrogen) atoms. The lowest BCUT2D eigenvalue weighted by Crippen LogP contribution is -2.41. The van der Waals surface area contributed by atoms with Crippen LogP contribution in [0.1, 0.15) is 5.82 Å². The zero-order valence-electron chi connectivity index (χ0n) is 10.8. The second kappa shape index (κ2) is 5.07. The number of anilines is 1. The molecule has 3 rings (SSSR count). The first-order valence-electron chi connectivity index (χ1n) is 6.21. The van der Waals surface area contributed by atoms with Gasteiger partial charge in [0.05, 0.1) is 19.3 Å². The van der Waals surface area contributed by atoms with Crippen molar-refractivity contribution in [2.75, 3.05) is 25.4 Å². The first-order valence-corrected chi connectivity index (χ1v) is 6.21. The van der Waals surface area contributed by atoms with Crippen molar-refractivity contribution in [1.29, 1.82) is 0 Å². The van der Waals surface area contributed by atoms with E-state index >= 15 is 0 Å². The molecule has 0 aliphatic carbocycles. The molecule has 0 radical (unpaired) electrons. The highest BCUT2D eigenvalue weighted by molar-refractivity contribution is 5.80. The number of fused-ring (bicyclic) bond motifs is 1. The third-order valence-electron chi connectivity index (χ3n) is 3.02. The third-order valence-corrected chi connectivity index (χ3v) is 3.02. The molecule has 0 aromatic carbocycles. The van der Waals surface area contributed by atoms with Crippen LogP contribution in [0.5, 0.6) is 0 Å². The van der Waals surface area contributed by atoms with Crippen LogP contribution in [0.2, 0.25) is 0 Å². The Labute approximate surface area is 116 Å². The SMILES string of the molecule is Nc1nc(C(F)(F)F)nc2c1nnn2C[C@H]1CNCCO1. The van der Waals surface area contributed by atoms with E-state index < -0.39 is 12.0 Å². The average Bonchev–Trinajstić information content (AvgIpc) is 2.83. The van der Waals surface area contributed by atoms with Crippen molar-refractivity contribution in [3.63, 3.8) is 0 Å². The normalized spacial score (nSPS) is 20.0. The Morgan fingerprint density at radius 3 is 2.86 bits per heavy atom. The van der Waals surface area contributed by atoms with Gasteiger partial charge in [-0.2, -0.15) is 13.2 Å². The van der Waals surface area contributed by atoms with Crippen LogP contribution < -0.4 is 11.1 Å². The maximum atomic E-state index is 12.7. The highest BCUT2D eigenvalue weighted by Gasteiger charge is 2.36. The van der Waals surface area contributed by atoms with Gasteiger partial charge in [-0.25, -0.2) is 14.6 Å². The van der Waals surface area contributed by atoms with E-state index in [1.807, 2.05) is 0 Å². The zero-order valence-corrected chi connectivity index (χ0v) is 10.8. The Morgan fingerprint density at radius 1 is 1.38 bits per heavy atom. The van der Waals surface area contributed by atoms with Gasteiger partial charge in [0.15, 0.2) is 17.0 Å². The Bertz CT molecular complexity index is 650. The molecule has 114 valence electrons. The van der Waals surface area contributed by atoms with Crippen LogP contribution in [0.25, 0.3) is 11.2 Å². The van der Waals surface area contributed by atoms with Gasteiger partial charge in [-0.3, -0.25) is 0 Å². The van der Waals surface area contributed by atoms with Crippen molar-refractivity contribution < 1.29 is 17.9 Å². The summed E-state index contributed by atoms with van der Waals surface area (Å²) in [6.45, 7) is 2.08. The quantitative estimate of drug-likeness (QED) is 0.792. The molecule has 1 aliphatic rings. The third kappa shape index (κ3) is 2.74. The van der Waals surface area contributed by atoms with Crippen LogP contribution in [0.3, 0.4) is 0 Å². The number of ether oxygens (including phenoxy) is 1. The predicted molar refractivity (Wildman–Crippen MR) is 65.1 cm³/mol. The summed E-state index contributed by atoms with van der Waals surface area (Å²) in [5, 5.41) is 10.6. The van der Waals surface area contributed by atoms with Gasteiger partial charge in [0.1, 0.15) is 0 Å². The summed E-state index contributed by atoms with van der Waals surface area (Å²) in [6.07, 6.45) is -4.89. The van der Waals surface area contributed by atoms with Gasteiger partial charge in [-0.05, 0) is 0 Å². The number of nitrogens with one attached hydrogen (secondary N) is 1. The number of aromatic nitrogens is 5. The van der Waals surface area contributed by atoms with Gasteiger partial charge in [0, 0.05) is 13.1 Å². The molecule has 2 aromatic rings. The minimum Gasteiger partial charge on any atom is -0.382 e. The van der Waals surface area contributed by atoms with Crippen LogP contribution in [-0.4, -0.2) is 50.8 Å². The second-order valence-electron chi connectivity index (χ2n) is 4.57. The first kappa shape index (κ1) is 13.9. The van der Waals surface area contributed by atoms with E-state index in [0.717, 1.165) is 6.54 Å². The maximum absolute atomic E-state index is 12.7. The van der Waals surface area contributed by atoms with Gasteiger partial charge in [-0.15, -0.1) is 5.10 Å². The predicted octanol–water partition coefficient (Wildman–Crippen LogP) is -0.189. The van der Waals surface area contributed by atoms with E-state index in [2.05, 4.69) is 25.6 Å². The molecule has 0 bridgehead atoms. The number of hydrogen-bond acceptors (Lipinski definition) is 7. The molecule has 1 atom stereocenters. The van der Waals surface area contributed by atoms with E-state index in [4.69, 9.17) is 10.5 Å². The summed E-state index contributed by atoms with van der Waals surface area (Å²) in [5.74, 6) is -1.65. The first-order chi connectivity index (χ1) is 9.95. The summed E-state index contributed by atoms with van der Waals surface area (Å²) in [7, 11) is 0. The molecule has 1 saturated heterocycles. The van der Waals surface area contributed by atoms with Crippen LogP contribution >= 0.6 is 0 Å². The topological polar surface area (TPSA) is 104 Å². The highest BCUT2D eigenvalue weighted by atomic mass is 19.4. The molecule has 0 spiro atoms. The van der Waals surface area contributed by atoms with Crippen LogP contribution in [0.15, 0.2) is 0 Å². The van der Waals surface area contributed by atoms with Gasteiger partial charge in [0.2, 0.25) is 5.82 Å². The molecular weight excluding hydrogens is 291 g/mol. The molecule has 11 heteroatoms. The molecule has 0 saturated carbocycles. The van der Waals surface area contributed by atoms with Crippen molar-refractivity contribution in [2.24, 2.45) is 0 Å². The highest BCUT2D eigenvalue weighted by Crippen LogP contribution is 2.28. The number of morpholine rings is 1. The van der Waals surface area contributed by atoms with Gasteiger partial charge >= 0.3 is 6.18 Å². The lowest BCUT2D eigenvalue weighted by atomic mass is 10.3. The largest absolute Gasteiger partial charge is 0.451 e. The number of alkyl halides is 3. The fraction of sp³-hybridized carbons (Fsp3) is 0.600. The van der Waals surface area contributed by atoms with Crippen LogP contribution in [0.4, 0.5) is 19.0 Å². The lowest BCUT2D eigenvalue weighted by Gasteiger charge is -2.23. The standard InChI is InChI=1S/C10H12F3N7O/c11-10(12,13)9-16-7(14)6-8(17-9)20(19-18-6)4-5-3-15-1-2-21-5/h5,15H,1-4H2,(H2,14,16,17)/t5-/m1/s1. The van der Waals surface area contributed by atoms with E-state index in [-0.39, 0.29) is 29.6 Å². The minimum atomic E-state index is -4.68. The van der Waals surface area contributed by atoms with E-state index in [9.17, 15) is 13.2 Å². The van der Waals surface area contributed by atoms with Crippen LogP contribution in [-0.2, 0) is 17.5 Å². The molecule has 3 N–H and O–H groups in total. The number of nitrogens with two attached hydrogens (primary N) is 1. The van der Waals surface area contributed by atoms with E-state index in [0.29, 0.717) is 13.2 Å². The van der Waals surface area contributed by atoms with Gasteiger partial charge in [-0.1, -0.05) is 5.21 Å². The molecule has 8 nitrogen and oxygen atoms in total. The van der Waals surface area contributed by atoms with Crippen molar-refractivity contribution in [1.82, 2.24) is 30.3 Å². The smallest absolute Gasteiger partial charge is 0.382 e. The summed E-state index contributed by atoms with van der Waals surface area (Å²) >= 11 is 0. The average molecular weight is 303 g/mol. The monoisotopic (exact) mass is 303 g/mol. The van der Waals surface area contributed by atoms with E-state index in [1.54, 1.807) is 0 Å². The molecule has 1 aliphatic heterocycles. The van der Waals surface area contributed by atoms with Gasteiger partial charge in [0.25, 0.3) is 0 Å². The van der Waals surface area contributed by atoms with Crippen molar-refractivity contribution >= 4 is 17.0 Å². The van der Waals surface area contributed by atoms with Crippen molar-refractivity contribution in [3.8, 4) is 0 Å². The Hall–Kier alpha value is -2.01. The summed E-state index contributed by atoms with van der Waals surface area (Å²) in [4.78, 5) is 6.69. The van der Waals surface area contributed by atoms with Crippen molar-refractivity contribution in [2.45, 2.75) is 18.8 Å². The number of nitrogens with zero attached hydrogens (tertiary/aromatic N) is 5. The number of hydrogen-bond donors (Lipinski definition) is 2. The molecule has 3 heterocycles. The summed E-state index contributed by atoms with van der Waals surface area (Å²) < 4.78 is 44.9. The summed E-state index contributed by atoms with van der Waals surface area (Å²) in [5.41, 5.74) is 5.49.